The second kappa shape index (κ2) is 12.9. The van der Waals surface area contributed by atoms with Crippen LogP contribution in [0.1, 0.15) is 44.6 Å². The van der Waals surface area contributed by atoms with Crippen molar-refractivity contribution >= 4 is 45.7 Å². The maximum Gasteiger partial charge on any atom is 0.248 e. The summed E-state index contributed by atoms with van der Waals surface area (Å²) in [5.41, 5.74) is 4.05. The molecule has 0 bridgehead atoms. The number of allylic oxidation sites excluding steroid dienone is 1. The number of aliphatic hydroxyl groups is 1. The third kappa shape index (κ3) is 7.20. The highest BCUT2D eigenvalue weighted by Gasteiger charge is 2.34. The summed E-state index contributed by atoms with van der Waals surface area (Å²) in [6.45, 7) is 1.81. The van der Waals surface area contributed by atoms with Gasteiger partial charge >= 0.3 is 0 Å². The summed E-state index contributed by atoms with van der Waals surface area (Å²) in [7, 11) is 0. The van der Waals surface area contributed by atoms with Gasteiger partial charge in [0.1, 0.15) is 23.4 Å². The molecule has 2 aromatic rings. The highest BCUT2D eigenvalue weighted by atomic mass is 79.9. The zero-order chi connectivity index (χ0) is 26.2. The number of amides is 1. The molecule has 1 amide bonds. The van der Waals surface area contributed by atoms with Crippen molar-refractivity contribution in [2.45, 2.75) is 56.0 Å². The summed E-state index contributed by atoms with van der Waals surface area (Å²) in [6, 6.07) is 14.2. The van der Waals surface area contributed by atoms with Gasteiger partial charge in [0.05, 0.1) is 5.69 Å². The van der Waals surface area contributed by atoms with Crippen LogP contribution in [0.2, 0.25) is 0 Å². The van der Waals surface area contributed by atoms with E-state index < -0.39 is 6.10 Å². The molecular formula is C28H33BrN6O2. The van der Waals surface area contributed by atoms with E-state index in [1.807, 2.05) is 60.8 Å². The minimum absolute atomic E-state index is 0.0856. The van der Waals surface area contributed by atoms with E-state index in [0.29, 0.717) is 18.9 Å². The van der Waals surface area contributed by atoms with Crippen LogP contribution in [0, 0.1) is 11.3 Å². The van der Waals surface area contributed by atoms with Gasteiger partial charge in [-0.05, 0) is 50.2 Å². The zero-order valence-electron chi connectivity index (χ0n) is 20.9. The number of alkyl halides is 1. The Hall–Kier alpha value is -3.17. The maximum absolute atomic E-state index is 11.7. The van der Waals surface area contributed by atoms with Crippen molar-refractivity contribution < 1.29 is 9.90 Å². The second-order valence-electron chi connectivity index (χ2n) is 9.38. The van der Waals surface area contributed by atoms with Crippen LogP contribution in [0.15, 0.2) is 64.8 Å². The van der Waals surface area contributed by atoms with Gasteiger partial charge < -0.3 is 10.4 Å². The SMILES string of the molecule is CC(O)C(=O)NC1CCC(C2=NCN(N=CC/C=C/c3ccc(-c4ccccc4)nc3)C(=N)C2Br)CC1. The Morgan fingerprint density at radius 2 is 2.00 bits per heavy atom. The molecule has 194 valence electrons. The number of aromatic nitrogens is 1. The average Bonchev–Trinajstić information content (AvgIpc) is 2.92. The Kier molecular flexibility index (Phi) is 9.35. The fraction of sp³-hybridized carbons (Fsp3) is 0.393. The molecule has 9 heteroatoms. The quantitative estimate of drug-likeness (QED) is 0.320. The van der Waals surface area contributed by atoms with Gasteiger partial charge in [-0.25, -0.2) is 5.01 Å². The lowest BCUT2D eigenvalue weighted by Gasteiger charge is -2.35. The van der Waals surface area contributed by atoms with Crippen LogP contribution in [-0.2, 0) is 4.79 Å². The van der Waals surface area contributed by atoms with Gasteiger partial charge in [-0.3, -0.25) is 20.2 Å². The van der Waals surface area contributed by atoms with E-state index in [1.165, 1.54) is 6.92 Å². The largest absolute Gasteiger partial charge is 0.384 e. The number of rotatable bonds is 8. The number of carbonyl (C=O) groups excluding carboxylic acids is 1. The van der Waals surface area contributed by atoms with Crippen molar-refractivity contribution in [1.82, 2.24) is 15.3 Å². The fourth-order valence-corrected chi connectivity index (χ4v) is 5.32. The summed E-state index contributed by atoms with van der Waals surface area (Å²) in [6.07, 6.45) is 10.8. The van der Waals surface area contributed by atoms with E-state index >= 15 is 0 Å². The lowest BCUT2D eigenvalue weighted by atomic mass is 9.81. The Morgan fingerprint density at radius 3 is 2.68 bits per heavy atom. The van der Waals surface area contributed by atoms with Gasteiger partial charge in [-0.1, -0.05) is 64.5 Å². The monoisotopic (exact) mass is 564 g/mol. The summed E-state index contributed by atoms with van der Waals surface area (Å²) in [4.78, 5) is 20.8. The van der Waals surface area contributed by atoms with E-state index in [9.17, 15) is 9.90 Å². The summed E-state index contributed by atoms with van der Waals surface area (Å²) in [5.74, 6) is 0.343. The molecule has 2 atom stereocenters. The van der Waals surface area contributed by atoms with Crippen LogP contribution in [0.4, 0.5) is 0 Å². The molecule has 2 unspecified atom stereocenters. The number of hydrogen-bond donors (Lipinski definition) is 3. The van der Waals surface area contributed by atoms with Crippen LogP contribution in [0.5, 0.6) is 0 Å². The molecule has 1 saturated carbocycles. The Morgan fingerprint density at radius 1 is 1.24 bits per heavy atom. The van der Waals surface area contributed by atoms with Crippen LogP contribution >= 0.6 is 15.9 Å². The highest BCUT2D eigenvalue weighted by Crippen LogP contribution is 2.30. The van der Waals surface area contributed by atoms with E-state index in [-0.39, 0.29) is 22.7 Å². The first kappa shape index (κ1) is 26.9. The van der Waals surface area contributed by atoms with Crippen molar-refractivity contribution in [3.63, 3.8) is 0 Å². The summed E-state index contributed by atoms with van der Waals surface area (Å²) in [5, 5.41) is 26.9. The number of amidine groups is 1. The molecule has 1 aromatic carbocycles. The normalized spacial score (nSPS) is 23.3. The topological polar surface area (TPSA) is 114 Å². The molecule has 2 aliphatic rings. The number of benzene rings is 1. The number of pyridine rings is 1. The molecule has 0 spiro atoms. The smallest absolute Gasteiger partial charge is 0.248 e. The van der Waals surface area contributed by atoms with Crippen LogP contribution < -0.4 is 5.32 Å². The number of hydrazone groups is 1. The molecule has 8 nitrogen and oxygen atoms in total. The average molecular weight is 566 g/mol. The Labute approximate surface area is 226 Å². The number of halogens is 1. The molecule has 1 aliphatic carbocycles. The number of aliphatic imine (C=N–C) groups is 1. The number of aliphatic hydroxyl groups excluding tert-OH is 1. The number of nitrogens with zero attached hydrogens (tertiary/aromatic N) is 4. The second-order valence-corrected chi connectivity index (χ2v) is 10.3. The maximum atomic E-state index is 11.7. The Balaban J connectivity index is 1.25. The molecule has 2 heterocycles. The highest BCUT2D eigenvalue weighted by molar-refractivity contribution is 9.10. The van der Waals surface area contributed by atoms with Gasteiger partial charge in [0, 0.05) is 36.1 Å². The van der Waals surface area contributed by atoms with Gasteiger partial charge in [-0.2, -0.15) is 5.10 Å². The van der Waals surface area contributed by atoms with Crippen molar-refractivity contribution in [2.75, 3.05) is 6.67 Å². The molecule has 3 N–H and O–H groups in total. The predicted octanol–water partition coefficient (Wildman–Crippen LogP) is 4.65. The summed E-state index contributed by atoms with van der Waals surface area (Å²) < 4.78 is 0. The first-order chi connectivity index (χ1) is 17.9. The molecule has 4 rings (SSSR count). The Bertz CT molecular complexity index is 1150. The zero-order valence-corrected chi connectivity index (χ0v) is 22.5. The molecule has 1 aliphatic heterocycles. The van der Waals surface area contributed by atoms with Crippen molar-refractivity contribution in [2.24, 2.45) is 16.0 Å². The number of hydrogen-bond acceptors (Lipinski definition) is 6. The molecule has 1 fully saturated rings. The van der Waals surface area contributed by atoms with Crippen LogP contribution in [-0.4, -0.2) is 62.4 Å². The van der Waals surface area contributed by atoms with Crippen LogP contribution in [0.3, 0.4) is 0 Å². The molecule has 37 heavy (non-hydrogen) atoms. The predicted molar refractivity (Wildman–Crippen MR) is 152 cm³/mol. The first-order valence-electron chi connectivity index (χ1n) is 12.7. The fourth-order valence-electron chi connectivity index (χ4n) is 4.56. The van der Waals surface area contributed by atoms with Crippen molar-refractivity contribution in [3.8, 4) is 11.3 Å². The molecule has 0 saturated heterocycles. The van der Waals surface area contributed by atoms with E-state index in [1.54, 1.807) is 11.2 Å². The standard InChI is InChI=1S/C28H33BrN6O2/c1-19(36)28(37)34-23-13-11-22(12-14-23)26-25(29)27(30)35(18-32-26)33-16-6-5-7-20-10-15-24(31-17-20)21-8-3-2-4-9-21/h2-5,7-10,15-17,19,22-23,25,30,36H,6,11-14,18H2,1H3,(H,34,37)/b7-5+,30-27?,33-16?. The van der Waals surface area contributed by atoms with Crippen molar-refractivity contribution in [3.05, 3.63) is 60.3 Å². The minimum atomic E-state index is -0.988. The van der Waals surface area contributed by atoms with Gasteiger partial charge in [0.25, 0.3) is 0 Å². The lowest BCUT2D eigenvalue weighted by Crippen LogP contribution is -2.47. The lowest BCUT2D eigenvalue weighted by molar-refractivity contribution is -0.129. The van der Waals surface area contributed by atoms with Gasteiger partial charge in [-0.15, -0.1) is 0 Å². The van der Waals surface area contributed by atoms with Gasteiger partial charge in [0.15, 0.2) is 0 Å². The molecule has 0 radical (unpaired) electrons. The van der Waals surface area contributed by atoms with E-state index in [2.05, 4.69) is 31.3 Å². The van der Waals surface area contributed by atoms with E-state index in [4.69, 9.17) is 10.4 Å². The molecular weight excluding hydrogens is 532 g/mol. The van der Waals surface area contributed by atoms with E-state index in [0.717, 1.165) is 48.2 Å². The van der Waals surface area contributed by atoms with Crippen LogP contribution in [0.25, 0.3) is 17.3 Å². The third-order valence-electron chi connectivity index (χ3n) is 6.67. The first-order valence-corrected chi connectivity index (χ1v) is 13.6. The minimum Gasteiger partial charge on any atom is -0.384 e. The van der Waals surface area contributed by atoms with Gasteiger partial charge in [0.2, 0.25) is 5.91 Å². The third-order valence-corrected chi connectivity index (χ3v) is 7.57. The number of carbonyl (C=O) groups is 1. The molecule has 1 aromatic heterocycles. The number of nitrogens with one attached hydrogen (secondary N) is 2. The van der Waals surface area contributed by atoms with Crippen molar-refractivity contribution in [1.29, 1.82) is 5.41 Å². The summed E-state index contributed by atoms with van der Waals surface area (Å²) >= 11 is 3.65.